The summed E-state index contributed by atoms with van der Waals surface area (Å²) in [7, 11) is -3.81. The number of aryl methyl sites for hydroxylation is 1. The van der Waals surface area contributed by atoms with Crippen LogP contribution in [0.4, 0.5) is 11.6 Å². The number of hydrogen-bond acceptors (Lipinski definition) is 7. The lowest BCUT2D eigenvalue weighted by Crippen LogP contribution is -2.17. The van der Waals surface area contributed by atoms with Crippen LogP contribution in [0.3, 0.4) is 0 Å². The molecule has 0 aliphatic carbocycles. The molecule has 2 N–H and O–H groups in total. The highest BCUT2D eigenvalue weighted by atomic mass is 32.2. The molecule has 0 aliphatic heterocycles. The van der Waals surface area contributed by atoms with Gasteiger partial charge in [-0.3, -0.25) is 4.72 Å². The van der Waals surface area contributed by atoms with Gasteiger partial charge >= 0.3 is 0 Å². The highest BCUT2D eigenvalue weighted by Gasteiger charge is 2.20. The van der Waals surface area contributed by atoms with Crippen molar-refractivity contribution in [2.45, 2.75) is 24.8 Å². The number of benzene rings is 2. The zero-order valence-electron chi connectivity index (χ0n) is 15.8. The van der Waals surface area contributed by atoms with Crippen molar-refractivity contribution in [2.24, 2.45) is 0 Å². The van der Waals surface area contributed by atoms with Gasteiger partial charge in [0.1, 0.15) is 5.01 Å². The standard InChI is InChI=1S/C20H19N5O2S2/c1-13-12-21-20(28-13)14(2)22-18-19(24-17-11-7-6-10-16(17)23-18)25-29(26,27)15-8-4-3-5-9-15/h3-12,14H,1-2H3,(H,22,23)(H,24,25). The Labute approximate surface area is 172 Å². The Bertz CT molecular complexity index is 1260. The van der Waals surface area contributed by atoms with Crippen LogP contribution in [0.15, 0.2) is 65.7 Å². The number of anilines is 2. The summed E-state index contributed by atoms with van der Waals surface area (Å²) in [6, 6.07) is 15.3. The zero-order valence-corrected chi connectivity index (χ0v) is 17.5. The third-order valence-corrected chi connectivity index (χ3v) is 6.67. The molecule has 0 bridgehead atoms. The zero-order chi connectivity index (χ0) is 20.4. The largest absolute Gasteiger partial charge is 0.358 e. The number of hydrogen-bond donors (Lipinski definition) is 2. The summed E-state index contributed by atoms with van der Waals surface area (Å²) in [6.07, 6.45) is 1.81. The minimum atomic E-state index is -3.81. The molecule has 148 valence electrons. The number of nitrogens with one attached hydrogen (secondary N) is 2. The Morgan fingerprint density at radius 3 is 2.17 bits per heavy atom. The lowest BCUT2D eigenvalue weighted by atomic mass is 10.3. The first kappa shape index (κ1) is 19.3. The van der Waals surface area contributed by atoms with E-state index in [1.165, 1.54) is 12.1 Å². The van der Waals surface area contributed by atoms with Gasteiger partial charge in [-0.05, 0) is 38.1 Å². The summed E-state index contributed by atoms with van der Waals surface area (Å²) in [4.78, 5) is 14.8. The van der Waals surface area contributed by atoms with Gasteiger partial charge in [0.05, 0.1) is 22.0 Å². The molecule has 2 aromatic carbocycles. The average molecular weight is 426 g/mol. The maximum absolute atomic E-state index is 12.8. The van der Waals surface area contributed by atoms with Gasteiger partial charge in [-0.25, -0.2) is 23.4 Å². The quantitative estimate of drug-likeness (QED) is 0.476. The smallest absolute Gasteiger partial charge is 0.263 e. The maximum Gasteiger partial charge on any atom is 0.263 e. The van der Waals surface area contributed by atoms with Crippen molar-refractivity contribution < 1.29 is 8.42 Å². The summed E-state index contributed by atoms with van der Waals surface area (Å²) in [5, 5.41) is 4.14. The number of rotatable bonds is 6. The van der Waals surface area contributed by atoms with Gasteiger partial charge in [-0.2, -0.15) is 0 Å². The predicted octanol–water partition coefficient (Wildman–Crippen LogP) is 4.37. The molecule has 0 spiro atoms. The van der Waals surface area contributed by atoms with Gasteiger partial charge < -0.3 is 5.32 Å². The van der Waals surface area contributed by atoms with E-state index in [0.29, 0.717) is 16.9 Å². The molecule has 29 heavy (non-hydrogen) atoms. The Kier molecular flexibility index (Phi) is 5.16. The second kappa shape index (κ2) is 7.76. The van der Waals surface area contributed by atoms with E-state index in [9.17, 15) is 8.42 Å². The fourth-order valence-electron chi connectivity index (χ4n) is 2.80. The van der Waals surface area contributed by atoms with E-state index in [1.807, 2.05) is 38.2 Å². The molecule has 0 saturated heterocycles. The van der Waals surface area contributed by atoms with Crippen LogP contribution in [-0.2, 0) is 10.0 Å². The van der Waals surface area contributed by atoms with Crippen molar-refractivity contribution >= 4 is 44.0 Å². The molecular formula is C20H19N5O2S2. The van der Waals surface area contributed by atoms with E-state index in [1.54, 1.807) is 35.6 Å². The summed E-state index contributed by atoms with van der Waals surface area (Å²) < 4.78 is 28.2. The van der Waals surface area contributed by atoms with E-state index < -0.39 is 10.0 Å². The molecule has 4 aromatic rings. The molecule has 0 aliphatic rings. The van der Waals surface area contributed by atoms with E-state index >= 15 is 0 Å². The summed E-state index contributed by atoms with van der Waals surface area (Å²) >= 11 is 1.57. The highest BCUT2D eigenvalue weighted by Crippen LogP contribution is 2.29. The molecule has 0 saturated carbocycles. The first-order valence-electron chi connectivity index (χ1n) is 8.96. The number of thiazole rings is 1. The molecule has 1 unspecified atom stereocenters. The van der Waals surface area contributed by atoms with Crippen LogP contribution in [0, 0.1) is 6.92 Å². The van der Waals surface area contributed by atoms with Crippen molar-refractivity contribution in [2.75, 3.05) is 10.0 Å². The molecule has 7 nitrogen and oxygen atoms in total. The second-order valence-electron chi connectivity index (χ2n) is 6.50. The molecule has 0 amide bonds. The molecule has 0 radical (unpaired) electrons. The van der Waals surface area contributed by atoms with Crippen molar-refractivity contribution in [3.05, 3.63) is 70.7 Å². The third-order valence-electron chi connectivity index (χ3n) is 4.22. The van der Waals surface area contributed by atoms with E-state index in [-0.39, 0.29) is 16.8 Å². The number of nitrogens with zero attached hydrogens (tertiary/aromatic N) is 3. The van der Waals surface area contributed by atoms with Crippen LogP contribution in [0.1, 0.15) is 22.9 Å². The van der Waals surface area contributed by atoms with E-state index in [0.717, 1.165) is 9.88 Å². The molecule has 2 aromatic heterocycles. The van der Waals surface area contributed by atoms with Gasteiger partial charge in [-0.1, -0.05) is 30.3 Å². The van der Waals surface area contributed by atoms with Gasteiger partial charge in [0.15, 0.2) is 11.6 Å². The lowest BCUT2D eigenvalue weighted by Gasteiger charge is -2.17. The number of sulfonamides is 1. The monoisotopic (exact) mass is 425 g/mol. The highest BCUT2D eigenvalue weighted by molar-refractivity contribution is 7.92. The Balaban J connectivity index is 1.74. The van der Waals surface area contributed by atoms with Crippen molar-refractivity contribution in [1.29, 1.82) is 0 Å². The second-order valence-corrected chi connectivity index (χ2v) is 9.45. The normalized spacial score (nSPS) is 12.6. The summed E-state index contributed by atoms with van der Waals surface area (Å²) in [5.41, 5.74) is 1.27. The SMILES string of the molecule is Cc1cnc(C(C)Nc2nc3ccccc3nc2NS(=O)(=O)c2ccccc2)s1. The van der Waals surface area contributed by atoms with Gasteiger partial charge in [0, 0.05) is 11.1 Å². The molecule has 4 rings (SSSR count). The first-order valence-corrected chi connectivity index (χ1v) is 11.3. The summed E-state index contributed by atoms with van der Waals surface area (Å²) in [5.74, 6) is 0.497. The Hall–Kier alpha value is -3.04. The van der Waals surface area contributed by atoms with Gasteiger partial charge in [-0.15, -0.1) is 11.3 Å². The average Bonchev–Trinajstić information content (AvgIpc) is 3.15. The predicted molar refractivity (Wildman–Crippen MR) is 116 cm³/mol. The molecule has 9 heteroatoms. The van der Waals surface area contributed by atoms with E-state index in [2.05, 4.69) is 25.0 Å². The van der Waals surface area contributed by atoms with Crippen LogP contribution < -0.4 is 10.0 Å². The van der Waals surface area contributed by atoms with Crippen LogP contribution in [0.5, 0.6) is 0 Å². The van der Waals surface area contributed by atoms with Crippen molar-refractivity contribution in [1.82, 2.24) is 15.0 Å². The molecule has 0 fully saturated rings. The van der Waals surface area contributed by atoms with Gasteiger partial charge in [0.25, 0.3) is 10.0 Å². The first-order chi connectivity index (χ1) is 13.9. The maximum atomic E-state index is 12.8. The third kappa shape index (κ3) is 4.20. The van der Waals surface area contributed by atoms with Crippen LogP contribution in [0.2, 0.25) is 0 Å². The Morgan fingerprint density at radius 2 is 1.55 bits per heavy atom. The van der Waals surface area contributed by atoms with E-state index in [4.69, 9.17) is 0 Å². The fourth-order valence-corrected chi connectivity index (χ4v) is 4.60. The molecule has 1 atom stereocenters. The van der Waals surface area contributed by atoms with Crippen LogP contribution in [-0.4, -0.2) is 23.4 Å². The minimum absolute atomic E-state index is 0.146. The number of aromatic nitrogens is 3. The molecular weight excluding hydrogens is 406 g/mol. The summed E-state index contributed by atoms with van der Waals surface area (Å²) in [6.45, 7) is 3.94. The molecule has 2 heterocycles. The van der Waals surface area contributed by atoms with Crippen LogP contribution in [0.25, 0.3) is 11.0 Å². The topological polar surface area (TPSA) is 96.9 Å². The fraction of sp³-hybridized carbons (Fsp3) is 0.150. The Morgan fingerprint density at radius 1 is 0.931 bits per heavy atom. The van der Waals surface area contributed by atoms with Crippen LogP contribution >= 0.6 is 11.3 Å². The van der Waals surface area contributed by atoms with Crippen molar-refractivity contribution in [3.8, 4) is 0 Å². The minimum Gasteiger partial charge on any atom is -0.358 e. The van der Waals surface area contributed by atoms with Gasteiger partial charge in [0.2, 0.25) is 0 Å². The lowest BCUT2D eigenvalue weighted by molar-refractivity contribution is 0.601. The van der Waals surface area contributed by atoms with Crippen molar-refractivity contribution in [3.63, 3.8) is 0 Å². The number of fused-ring (bicyclic) bond motifs is 1. The number of para-hydroxylation sites is 2.